The molecule has 0 amide bonds. The van der Waals surface area contributed by atoms with Crippen LogP contribution in [0.5, 0.6) is 0 Å². The van der Waals surface area contributed by atoms with E-state index in [0.29, 0.717) is 28.8 Å². The van der Waals surface area contributed by atoms with E-state index in [4.69, 9.17) is 55.9 Å². The maximum Gasteiger partial charge on any atom is 0.145 e. The third kappa shape index (κ3) is 7.52. The lowest BCUT2D eigenvalue weighted by atomic mass is 10.4. The van der Waals surface area contributed by atoms with E-state index in [9.17, 15) is 0 Å². The Hall–Kier alpha value is 1.61. The van der Waals surface area contributed by atoms with Crippen LogP contribution in [-0.2, 0) is 9.47 Å². The third-order valence-corrected chi connectivity index (χ3v) is 3.33. The van der Waals surface area contributed by atoms with Gasteiger partial charge in [-0.15, -0.1) is 46.4 Å². The Kier molecular flexibility index (Phi) is 11.9. The first-order valence-corrected chi connectivity index (χ1v) is 7.42. The van der Waals surface area contributed by atoms with Crippen molar-refractivity contribution in [2.45, 2.75) is 23.8 Å². The minimum absolute atomic E-state index is 0.217. The molecule has 0 aliphatic carbocycles. The van der Waals surface area contributed by atoms with Crippen LogP contribution in [0.25, 0.3) is 0 Å². The van der Waals surface area contributed by atoms with Crippen LogP contribution in [0, 0.1) is 0 Å². The summed E-state index contributed by atoms with van der Waals surface area (Å²) in [6, 6.07) is 0. The molecule has 0 aromatic carbocycles. The molecule has 0 N–H and O–H groups in total. The number of halogens is 4. The van der Waals surface area contributed by atoms with E-state index in [2.05, 4.69) is 16.3 Å². The molecule has 0 fully saturated rings. The zero-order valence-corrected chi connectivity index (χ0v) is 12.4. The van der Waals surface area contributed by atoms with Gasteiger partial charge in [0, 0.05) is 23.5 Å². The summed E-state index contributed by atoms with van der Waals surface area (Å²) in [5.41, 5.74) is 0. The van der Waals surface area contributed by atoms with Crippen molar-refractivity contribution in [3.05, 3.63) is 0 Å². The molecule has 0 aromatic rings. The van der Waals surface area contributed by atoms with Gasteiger partial charge in [-0.25, -0.2) is 0 Å². The monoisotopic (exact) mass is 308 g/mol. The van der Waals surface area contributed by atoms with Crippen LogP contribution in [-0.4, -0.2) is 58.3 Å². The molecule has 15 heavy (non-hydrogen) atoms. The molecule has 0 aromatic heterocycles. The first-order chi connectivity index (χ1) is 7.21. The van der Waals surface area contributed by atoms with Gasteiger partial charge in [-0.05, 0) is 0 Å². The lowest BCUT2D eigenvalue weighted by Crippen LogP contribution is -2.32. The van der Waals surface area contributed by atoms with Gasteiger partial charge in [0.15, 0.2) is 0 Å². The molecule has 0 unspecified atom stereocenters. The lowest BCUT2D eigenvalue weighted by Gasteiger charge is -2.25. The van der Waals surface area contributed by atoms with Gasteiger partial charge in [0.1, 0.15) is 22.6 Å². The fraction of sp³-hybridized carbons (Fsp3) is 1.00. The molecule has 0 atom stereocenters. The number of alkyl halides is 4. The molecule has 0 bridgehead atoms. The van der Waals surface area contributed by atoms with Crippen LogP contribution >= 0.6 is 46.4 Å². The highest BCUT2D eigenvalue weighted by atomic mass is 35.5. The van der Waals surface area contributed by atoms with Gasteiger partial charge in [0.2, 0.25) is 0 Å². The number of rotatable bonds is 9. The number of hydrogen-bond acceptors (Lipinski definition) is 2. The van der Waals surface area contributed by atoms with Crippen LogP contribution in [0.3, 0.4) is 0 Å². The molecule has 0 aliphatic heterocycles. The molecular formula is C8H13AlCl4O2. The molecule has 88 valence electrons. The normalized spacial score (nSPS) is 11.9. The van der Waals surface area contributed by atoms with Crippen molar-refractivity contribution in [1.82, 2.24) is 0 Å². The van der Waals surface area contributed by atoms with Crippen LogP contribution in [0.2, 0.25) is 5.28 Å². The number of hydrogen-bond donors (Lipinski definition) is 0. The van der Waals surface area contributed by atoms with Crippen molar-refractivity contribution in [3.8, 4) is 0 Å². The molecule has 0 saturated heterocycles. The molecule has 2 radical (unpaired) electrons. The Morgan fingerprint density at radius 3 is 1.33 bits per heavy atom. The van der Waals surface area contributed by atoms with Crippen molar-refractivity contribution >= 4 is 62.7 Å². The standard InChI is InChI=1S/C8H13Cl4O2.Al/c1-6(13-7(2-9)3-10)14-8(4-11)5-12;/h6-8H,1-5H2;. The molecule has 0 rings (SSSR count). The van der Waals surface area contributed by atoms with E-state index in [1.54, 1.807) is 0 Å². The van der Waals surface area contributed by atoms with Crippen LogP contribution in [0.4, 0.5) is 0 Å². The average Bonchev–Trinajstić information content (AvgIpc) is 2.30. The van der Waals surface area contributed by atoms with E-state index >= 15 is 0 Å². The summed E-state index contributed by atoms with van der Waals surface area (Å²) in [5.74, 6) is 1.34. The van der Waals surface area contributed by atoms with Crippen LogP contribution in [0.15, 0.2) is 0 Å². The van der Waals surface area contributed by atoms with Crippen molar-refractivity contribution in [2.24, 2.45) is 0 Å². The second-order valence-corrected chi connectivity index (χ2v) is 4.50. The molecule has 0 heterocycles. The Balaban J connectivity index is 4.00. The smallest absolute Gasteiger partial charge is 0.145 e. The van der Waals surface area contributed by atoms with Crippen molar-refractivity contribution in [1.29, 1.82) is 0 Å². The Morgan fingerprint density at radius 1 is 0.800 bits per heavy atom. The maximum absolute atomic E-state index is 5.65. The molecule has 0 spiro atoms. The second kappa shape index (κ2) is 10.7. The van der Waals surface area contributed by atoms with Gasteiger partial charge < -0.3 is 9.47 Å². The Bertz CT molecular complexity index is 131. The van der Waals surface area contributed by atoms with E-state index in [-0.39, 0.29) is 18.5 Å². The summed E-state index contributed by atoms with van der Waals surface area (Å²) in [6.45, 7) is 0. The molecule has 0 aliphatic rings. The first kappa shape index (κ1) is 16.6. The molecule has 7 heteroatoms. The average molecular weight is 310 g/mol. The van der Waals surface area contributed by atoms with Crippen molar-refractivity contribution in [3.63, 3.8) is 0 Å². The van der Waals surface area contributed by atoms with Gasteiger partial charge in [-0.3, -0.25) is 0 Å². The highest BCUT2D eigenvalue weighted by Crippen LogP contribution is 2.11. The van der Waals surface area contributed by atoms with Gasteiger partial charge in [-0.2, -0.15) is 0 Å². The summed E-state index contributed by atoms with van der Waals surface area (Å²) >= 11 is 25.1. The van der Waals surface area contributed by atoms with E-state index in [0.717, 1.165) is 0 Å². The minimum atomic E-state index is -0.389. The van der Waals surface area contributed by atoms with Crippen molar-refractivity contribution in [2.75, 3.05) is 23.5 Å². The Morgan fingerprint density at radius 2 is 1.13 bits per heavy atom. The summed E-state index contributed by atoms with van der Waals surface area (Å²) in [5, 5.41) is 0.620. The van der Waals surface area contributed by atoms with Gasteiger partial charge >= 0.3 is 0 Å². The highest BCUT2D eigenvalue weighted by molar-refractivity contribution is 6.21. The fourth-order valence-corrected chi connectivity index (χ4v) is 1.97. The van der Waals surface area contributed by atoms with Gasteiger partial charge in [-0.1, -0.05) is 5.28 Å². The highest BCUT2D eigenvalue weighted by Gasteiger charge is 2.17. The summed E-state index contributed by atoms with van der Waals surface area (Å²) in [4.78, 5) is 0. The third-order valence-electron chi connectivity index (χ3n) is 1.57. The molecule has 2 nitrogen and oxygen atoms in total. The molecular weight excluding hydrogens is 297 g/mol. The summed E-state index contributed by atoms with van der Waals surface area (Å²) in [6.07, 6.45) is -0.824. The van der Waals surface area contributed by atoms with E-state index in [1.165, 1.54) is 0 Å². The van der Waals surface area contributed by atoms with E-state index < -0.39 is 0 Å². The van der Waals surface area contributed by atoms with Gasteiger partial charge in [0.25, 0.3) is 0 Å². The zero-order valence-electron chi connectivity index (χ0n) is 8.17. The topological polar surface area (TPSA) is 18.5 Å². The SMILES string of the molecule is [Al][CH2]C(OC(CCl)CCl)OC(CCl)CCl. The molecule has 0 saturated carbocycles. The quantitative estimate of drug-likeness (QED) is 0.370. The van der Waals surface area contributed by atoms with Gasteiger partial charge in [0.05, 0.1) is 12.2 Å². The largest absolute Gasteiger partial charge is 0.348 e. The lowest BCUT2D eigenvalue weighted by molar-refractivity contribution is -0.166. The Labute approximate surface area is 119 Å². The predicted octanol–water partition coefficient (Wildman–Crippen LogP) is 2.62. The summed E-state index contributed by atoms with van der Waals surface area (Å²) < 4.78 is 11.0. The maximum atomic E-state index is 5.65. The zero-order chi connectivity index (χ0) is 11.7. The number of ether oxygens (including phenoxy) is 2. The fourth-order valence-electron chi connectivity index (χ4n) is 0.800. The minimum Gasteiger partial charge on any atom is -0.348 e. The summed E-state index contributed by atoms with van der Waals surface area (Å²) in [7, 11) is 0. The first-order valence-electron chi connectivity index (χ1n) is 4.46. The predicted molar refractivity (Wildman–Crippen MR) is 67.0 cm³/mol. The van der Waals surface area contributed by atoms with Crippen LogP contribution in [0.1, 0.15) is 0 Å². The van der Waals surface area contributed by atoms with E-state index in [1.807, 2.05) is 0 Å². The van der Waals surface area contributed by atoms with Crippen LogP contribution < -0.4 is 0 Å². The second-order valence-electron chi connectivity index (χ2n) is 2.80. The van der Waals surface area contributed by atoms with Crippen molar-refractivity contribution < 1.29 is 9.47 Å².